The summed E-state index contributed by atoms with van der Waals surface area (Å²) in [5.41, 5.74) is 1.12. The van der Waals surface area contributed by atoms with E-state index < -0.39 is 18.1 Å². The second kappa shape index (κ2) is 11.3. The zero-order valence-electron chi connectivity index (χ0n) is 18.1. The number of carbonyl (C=O) groups excluding carboxylic acids is 2. The molecule has 2 amide bonds. The van der Waals surface area contributed by atoms with E-state index in [2.05, 4.69) is 15.3 Å². The number of nitrogens with one attached hydrogen (secondary N) is 2. The molecule has 0 aliphatic carbocycles. The molecule has 1 atom stereocenters. The van der Waals surface area contributed by atoms with Crippen molar-refractivity contribution in [3.8, 4) is 0 Å². The van der Waals surface area contributed by atoms with Crippen LogP contribution in [0.4, 0.5) is 4.79 Å². The first-order valence-corrected chi connectivity index (χ1v) is 12.1. The fraction of sp³-hybridized carbons (Fsp3) is 0.261. The first-order chi connectivity index (χ1) is 15.7. The minimum Gasteiger partial charge on any atom is -0.438 e. The topological polar surface area (TPSA) is 84.1 Å². The summed E-state index contributed by atoms with van der Waals surface area (Å²) in [6, 6.07) is 11.5. The highest BCUT2D eigenvalue weighted by molar-refractivity contribution is 7.99. The van der Waals surface area contributed by atoms with E-state index in [-0.39, 0.29) is 5.92 Å². The maximum absolute atomic E-state index is 12.4. The number of halogens is 3. The molecule has 3 aromatic rings. The Morgan fingerprint density at radius 3 is 2.27 bits per heavy atom. The fourth-order valence-electron chi connectivity index (χ4n) is 2.97. The smallest absolute Gasteiger partial charge is 0.414 e. The van der Waals surface area contributed by atoms with Gasteiger partial charge in [0.2, 0.25) is 0 Å². The third-order valence-electron chi connectivity index (χ3n) is 4.57. The molecule has 1 unspecified atom stereocenters. The lowest BCUT2D eigenvalue weighted by Gasteiger charge is -2.14. The highest BCUT2D eigenvalue weighted by atomic mass is 35.5. The lowest BCUT2D eigenvalue weighted by atomic mass is 10.1. The van der Waals surface area contributed by atoms with Crippen molar-refractivity contribution in [2.24, 2.45) is 0 Å². The molecule has 33 heavy (non-hydrogen) atoms. The molecular weight excluding hydrogens is 505 g/mol. The van der Waals surface area contributed by atoms with E-state index in [1.54, 1.807) is 18.2 Å². The molecule has 0 fully saturated rings. The molecule has 0 aliphatic heterocycles. The minimum atomic E-state index is -0.861. The number of benzene rings is 2. The van der Waals surface area contributed by atoms with Gasteiger partial charge in [0.1, 0.15) is 10.9 Å². The first-order valence-electron chi connectivity index (χ1n) is 10.2. The van der Waals surface area contributed by atoms with Crippen LogP contribution in [-0.2, 0) is 4.74 Å². The summed E-state index contributed by atoms with van der Waals surface area (Å²) in [5.74, 6) is 0.0267. The number of ether oxygens (including phenoxy) is 1. The van der Waals surface area contributed by atoms with Crippen LogP contribution in [0.25, 0.3) is 0 Å². The van der Waals surface area contributed by atoms with E-state index in [0.717, 1.165) is 15.6 Å². The Kier molecular flexibility index (Phi) is 8.70. The maximum Gasteiger partial charge on any atom is 0.414 e. The number of rotatable bonds is 7. The van der Waals surface area contributed by atoms with Crippen LogP contribution >= 0.6 is 46.6 Å². The normalized spacial score (nSPS) is 12.0. The van der Waals surface area contributed by atoms with Gasteiger partial charge in [-0.15, -0.1) is 0 Å². The molecule has 0 saturated heterocycles. The van der Waals surface area contributed by atoms with Crippen LogP contribution in [0, 0.1) is 0 Å². The van der Waals surface area contributed by atoms with E-state index in [9.17, 15) is 9.59 Å². The number of hydrogen-bond donors (Lipinski definition) is 2. The second-order valence-corrected chi connectivity index (χ2v) is 9.85. The average molecular weight is 527 g/mol. The molecule has 0 saturated carbocycles. The van der Waals surface area contributed by atoms with Gasteiger partial charge in [-0.05, 0) is 54.8 Å². The van der Waals surface area contributed by atoms with Crippen LogP contribution in [0.2, 0.25) is 15.1 Å². The van der Waals surface area contributed by atoms with Crippen molar-refractivity contribution in [2.45, 2.75) is 49.1 Å². The number of imidazole rings is 1. The Balaban J connectivity index is 1.75. The molecule has 0 spiro atoms. The van der Waals surface area contributed by atoms with Gasteiger partial charge < -0.3 is 9.72 Å². The van der Waals surface area contributed by atoms with Gasteiger partial charge >= 0.3 is 6.09 Å². The third kappa shape index (κ3) is 6.90. The molecule has 6 nitrogen and oxygen atoms in total. The highest BCUT2D eigenvalue weighted by Gasteiger charge is 2.24. The van der Waals surface area contributed by atoms with Crippen molar-refractivity contribution in [3.63, 3.8) is 0 Å². The van der Waals surface area contributed by atoms with Crippen molar-refractivity contribution in [1.29, 1.82) is 0 Å². The third-order valence-corrected chi connectivity index (χ3v) is 6.24. The zero-order valence-corrected chi connectivity index (χ0v) is 21.2. The van der Waals surface area contributed by atoms with Gasteiger partial charge in [0.15, 0.2) is 6.10 Å². The molecule has 0 aliphatic rings. The van der Waals surface area contributed by atoms with Crippen LogP contribution in [0.5, 0.6) is 0 Å². The van der Waals surface area contributed by atoms with Crippen LogP contribution in [0.15, 0.2) is 52.4 Å². The molecule has 1 heterocycles. The van der Waals surface area contributed by atoms with E-state index in [1.807, 2.05) is 32.9 Å². The summed E-state index contributed by atoms with van der Waals surface area (Å²) in [7, 11) is 0. The Morgan fingerprint density at radius 1 is 1.06 bits per heavy atom. The van der Waals surface area contributed by atoms with E-state index in [0.29, 0.717) is 32.9 Å². The summed E-state index contributed by atoms with van der Waals surface area (Å²) >= 11 is 19.5. The Labute approximate surface area is 211 Å². The second-order valence-electron chi connectivity index (χ2n) is 7.46. The highest BCUT2D eigenvalue weighted by Crippen LogP contribution is 2.36. The number of aromatic nitrogens is 2. The largest absolute Gasteiger partial charge is 0.438 e. The average Bonchev–Trinajstić information content (AvgIpc) is 3.15. The first kappa shape index (κ1) is 25.4. The number of H-pyrrole nitrogens is 1. The van der Waals surface area contributed by atoms with Crippen molar-refractivity contribution in [1.82, 2.24) is 15.3 Å². The van der Waals surface area contributed by atoms with Crippen molar-refractivity contribution in [2.75, 3.05) is 0 Å². The number of carbonyl (C=O) groups is 2. The van der Waals surface area contributed by atoms with Gasteiger partial charge in [0.05, 0.1) is 5.69 Å². The predicted molar refractivity (Wildman–Crippen MR) is 132 cm³/mol. The Bertz CT molecular complexity index is 1130. The summed E-state index contributed by atoms with van der Waals surface area (Å²) in [6.45, 7) is 5.91. The minimum absolute atomic E-state index is 0.116. The van der Waals surface area contributed by atoms with Crippen LogP contribution in [0.3, 0.4) is 0 Å². The summed E-state index contributed by atoms with van der Waals surface area (Å²) in [4.78, 5) is 33.4. The lowest BCUT2D eigenvalue weighted by Crippen LogP contribution is -2.32. The number of aromatic amines is 1. The van der Waals surface area contributed by atoms with Gasteiger partial charge in [-0.1, -0.05) is 67.3 Å². The summed E-state index contributed by atoms with van der Waals surface area (Å²) in [6.07, 6.45) is -1.07. The molecule has 2 aromatic carbocycles. The van der Waals surface area contributed by atoms with Gasteiger partial charge in [0.25, 0.3) is 5.91 Å². The number of imide groups is 1. The lowest BCUT2D eigenvalue weighted by molar-refractivity contribution is 0.0786. The molecule has 1 aromatic heterocycles. The van der Waals surface area contributed by atoms with E-state index in [4.69, 9.17) is 39.5 Å². The molecular formula is C23H22Cl3N3O3S. The molecule has 0 bridgehead atoms. The van der Waals surface area contributed by atoms with Crippen molar-refractivity contribution in [3.05, 3.63) is 74.6 Å². The SMILES string of the molecule is CCC(OC(=O)NC(=O)c1ccc(Cl)cc1)c1nc(C(C)C)c(Sc2cc(Cl)cc(Cl)c2)[nH]1. The quantitative estimate of drug-likeness (QED) is 0.330. The molecule has 10 heteroatoms. The fourth-order valence-corrected chi connectivity index (χ4v) is 4.90. The van der Waals surface area contributed by atoms with Crippen LogP contribution < -0.4 is 5.32 Å². The summed E-state index contributed by atoms with van der Waals surface area (Å²) < 4.78 is 5.50. The number of hydrogen-bond acceptors (Lipinski definition) is 5. The monoisotopic (exact) mass is 525 g/mol. The van der Waals surface area contributed by atoms with E-state index in [1.165, 1.54) is 23.9 Å². The van der Waals surface area contributed by atoms with Crippen molar-refractivity contribution >= 4 is 58.6 Å². The van der Waals surface area contributed by atoms with E-state index >= 15 is 0 Å². The van der Waals surface area contributed by atoms with Crippen LogP contribution in [-0.4, -0.2) is 22.0 Å². The zero-order chi connectivity index (χ0) is 24.1. The van der Waals surface area contributed by atoms with Gasteiger partial charge in [-0.3, -0.25) is 10.1 Å². The maximum atomic E-state index is 12.4. The van der Waals surface area contributed by atoms with Crippen LogP contribution in [0.1, 0.15) is 61.1 Å². The van der Waals surface area contributed by atoms with Crippen molar-refractivity contribution < 1.29 is 14.3 Å². The van der Waals surface area contributed by atoms with Gasteiger partial charge in [0, 0.05) is 25.5 Å². The molecule has 0 radical (unpaired) electrons. The van der Waals surface area contributed by atoms with Gasteiger partial charge in [-0.2, -0.15) is 0 Å². The molecule has 2 N–H and O–H groups in total. The number of alkyl carbamates (subject to hydrolysis) is 1. The summed E-state index contributed by atoms with van der Waals surface area (Å²) in [5, 5.41) is 4.59. The Morgan fingerprint density at radius 2 is 1.70 bits per heavy atom. The predicted octanol–water partition coefficient (Wildman–Crippen LogP) is 7.66. The number of nitrogens with zero attached hydrogens (tertiary/aromatic N) is 1. The Hall–Kier alpha value is -2.19. The number of amides is 2. The standard InChI is InChI=1S/C23H22Cl3N3O3S/c1-4-18(32-23(31)29-21(30)13-5-7-14(24)8-6-13)20-27-19(12(2)3)22(28-20)33-17-10-15(25)9-16(26)11-17/h5-12,18H,4H2,1-3H3,(H,27,28)(H,29,30,31). The molecule has 3 rings (SSSR count). The molecule has 174 valence electrons. The van der Waals surface area contributed by atoms with Gasteiger partial charge in [-0.25, -0.2) is 9.78 Å².